The molecule has 0 N–H and O–H groups in total. The first kappa shape index (κ1) is 10.9. The molecule has 0 radical (unpaired) electrons. The summed E-state index contributed by atoms with van der Waals surface area (Å²) < 4.78 is 31.1. The summed E-state index contributed by atoms with van der Waals surface area (Å²) in [5.74, 6) is 0.0112. The van der Waals surface area contributed by atoms with E-state index in [1.807, 2.05) is 0 Å². The van der Waals surface area contributed by atoms with Gasteiger partial charge in [-0.3, -0.25) is 0 Å². The summed E-state index contributed by atoms with van der Waals surface area (Å²) in [5.41, 5.74) is 0. The fourth-order valence-corrected chi connectivity index (χ4v) is 1.62. The molecule has 0 spiro atoms. The highest BCUT2D eigenvalue weighted by atomic mass is 32.2. The molecule has 0 rings (SSSR count). The summed E-state index contributed by atoms with van der Waals surface area (Å²) in [6.45, 7) is 0.309. The zero-order valence-corrected chi connectivity index (χ0v) is 7.85. The molecule has 0 heterocycles. The molecule has 0 aliphatic rings. The van der Waals surface area contributed by atoms with Crippen LogP contribution in [0.1, 0.15) is 0 Å². The second kappa shape index (κ2) is 4.69. The van der Waals surface area contributed by atoms with Crippen LogP contribution in [0.4, 0.5) is 0 Å². The Labute approximate surface area is 67.4 Å². The highest BCUT2D eigenvalue weighted by molar-refractivity contribution is 7.90. The van der Waals surface area contributed by atoms with E-state index in [1.54, 1.807) is 0 Å². The lowest BCUT2D eigenvalue weighted by Crippen LogP contribution is -2.26. The molecule has 11 heavy (non-hydrogen) atoms. The van der Waals surface area contributed by atoms with Crippen LogP contribution in [0.2, 0.25) is 0 Å². The molecule has 0 saturated carbocycles. The third kappa shape index (κ3) is 6.28. The largest absolute Gasteiger partial charge is 0.382 e. The van der Waals surface area contributed by atoms with Crippen molar-refractivity contribution in [3.05, 3.63) is 0 Å². The van der Waals surface area contributed by atoms with Crippen LogP contribution in [0.3, 0.4) is 0 Å². The van der Waals surface area contributed by atoms with Gasteiger partial charge in [0.05, 0.1) is 18.5 Å². The fraction of sp³-hybridized carbons (Fsp3) is 1.00. The van der Waals surface area contributed by atoms with Crippen LogP contribution in [0.5, 0.6) is 0 Å². The normalized spacial score (nSPS) is 14.8. The summed E-state index contributed by atoms with van der Waals surface area (Å²) in [6.07, 6.45) is 0.823. The molecule has 0 fully saturated rings. The minimum absolute atomic E-state index is 0.0112. The second-order valence-corrected chi connectivity index (χ2v) is 4.59. The van der Waals surface area contributed by atoms with E-state index in [-0.39, 0.29) is 11.9 Å². The molecule has 0 aromatic heterocycles. The molecule has 0 aromatic carbocycles. The SMILES string of the molecule is COCC(CS(C)(=O)=O)OC. The summed E-state index contributed by atoms with van der Waals surface area (Å²) >= 11 is 0. The van der Waals surface area contributed by atoms with Gasteiger partial charge in [0.1, 0.15) is 9.84 Å². The van der Waals surface area contributed by atoms with Gasteiger partial charge in [0, 0.05) is 20.5 Å². The maximum Gasteiger partial charge on any atom is 0.150 e. The summed E-state index contributed by atoms with van der Waals surface area (Å²) in [7, 11) is 0.0127. The first-order valence-electron chi connectivity index (χ1n) is 3.19. The van der Waals surface area contributed by atoms with Crippen LogP contribution in [0.25, 0.3) is 0 Å². The van der Waals surface area contributed by atoms with Gasteiger partial charge in [-0.1, -0.05) is 0 Å². The maximum atomic E-state index is 10.7. The van der Waals surface area contributed by atoms with Gasteiger partial charge in [-0.25, -0.2) is 8.42 Å². The Balaban J connectivity index is 3.88. The van der Waals surface area contributed by atoms with Gasteiger partial charge in [0.2, 0.25) is 0 Å². The van der Waals surface area contributed by atoms with E-state index in [9.17, 15) is 8.42 Å². The maximum absolute atomic E-state index is 10.7. The fourth-order valence-electron chi connectivity index (χ4n) is 0.708. The molecule has 0 bridgehead atoms. The summed E-state index contributed by atoms with van der Waals surface area (Å²) in [4.78, 5) is 0. The van der Waals surface area contributed by atoms with Gasteiger partial charge in [0.25, 0.3) is 0 Å². The standard InChI is InChI=1S/C6H14O4S/c1-9-4-6(10-2)5-11(3,7)8/h6H,4-5H2,1-3H3. The van der Waals surface area contributed by atoms with E-state index < -0.39 is 9.84 Å². The third-order valence-electron chi connectivity index (χ3n) is 1.17. The highest BCUT2D eigenvalue weighted by Gasteiger charge is 2.13. The first-order chi connectivity index (χ1) is 4.99. The van der Waals surface area contributed by atoms with Crippen molar-refractivity contribution in [2.75, 3.05) is 32.8 Å². The average Bonchev–Trinajstić information content (AvgIpc) is 1.84. The molecule has 0 aromatic rings. The molecule has 0 aliphatic carbocycles. The van der Waals surface area contributed by atoms with Crippen LogP contribution in [0.15, 0.2) is 0 Å². The summed E-state index contributed by atoms with van der Waals surface area (Å²) in [6, 6.07) is 0. The minimum atomic E-state index is -2.96. The van der Waals surface area contributed by atoms with Crippen LogP contribution >= 0.6 is 0 Å². The van der Waals surface area contributed by atoms with Gasteiger partial charge in [-0.15, -0.1) is 0 Å². The van der Waals surface area contributed by atoms with Crippen molar-refractivity contribution in [3.8, 4) is 0 Å². The molecule has 5 heteroatoms. The van der Waals surface area contributed by atoms with Gasteiger partial charge in [-0.05, 0) is 0 Å². The number of methoxy groups -OCH3 is 2. The second-order valence-electron chi connectivity index (χ2n) is 2.41. The molecule has 1 unspecified atom stereocenters. The number of ether oxygens (including phenoxy) is 2. The zero-order valence-electron chi connectivity index (χ0n) is 7.03. The van der Waals surface area contributed by atoms with E-state index in [0.29, 0.717) is 6.61 Å². The van der Waals surface area contributed by atoms with Crippen molar-refractivity contribution in [2.45, 2.75) is 6.10 Å². The molecular weight excluding hydrogens is 168 g/mol. The van der Waals surface area contributed by atoms with Gasteiger partial charge >= 0.3 is 0 Å². The molecule has 68 valence electrons. The van der Waals surface area contributed by atoms with Crippen LogP contribution in [0, 0.1) is 0 Å². The van der Waals surface area contributed by atoms with Crippen molar-refractivity contribution in [1.29, 1.82) is 0 Å². The van der Waals surface area contributed by atoms with E-state index in [2.05, 4.69) is 0 Å². The first-order valence-corrected chi connectivity index (χ1v) is 5.25. The van der Waals surface area contributed by atoms with Crippen molar-refractivity contribution in [2.24, 2.45) is 0 Å². The molecule has 0 aliphatic heterocycles. The van der Waals surface area contributed by atoms with Crippen molar-refractivity contribution in [3.63, 3.8) is 0 Å². The lowest BCUT2D eigenvalue weighted by molar-refractivity contribution is 0.0421. The van der Waals surface area contributed by atoms with E-state index in [1.165, 1.54) is 20.5 Å². The van der Waals surface area contributed by atoms with Crippen molar-refractivity contribution in [1.82, 2.24) is 0 Å². The van der Waals surface area contributed by atoms with Crippen LogP contribution in [-0.2, 0) is 19.3 Å². The van der Waals surface area contributed by atoms with E-state index >= 15 is 0 Å². The Morgan fingerprint density at radius 1 is 1.36 bits per heavy atom. The predicted molar refractivity (Wildman–Crippen MR) is 42.4 cm³/mol. The molecule has 1 atom stereocenters. The zero-order chi connectivity index (χ0) is 8.91. The predicted octanol–water partition coefficient (Wildman–Crippen LogP) is -0.308. The van der Waals surface area contributed by atoms with E-state index in [4.69, 9.17) is 9.47 Å². The molecular formula is C6H14O4S. The topological polar surface area (TPSA) is 52.6 Å². The minimum Gasteiger partial charge on any atom is -0.382 e. The van der Waals surface area contributed by atoms with Crippen molar-refractivity contribution < 1.29 is 17.9 Å². The quantitative estimate of drug-likeness (QED) is 0.585. The Kier molecular flexibility index (Phi) is 4.63. The lowest BCUT2D eigenvalue weighted by atomic mass is 10.4. The number of rotatable bonds is 5. The Bertz CT molecular complexity index is 185. The smallest absolute Gasteiger partial charge is 0.150 e. The lowest BCUT2D eigenvalue weighted by Gasteiger charge is -2.11. The third-order valence-corrected chi connectivity index (χ3v) is 2.15. The van der Waals surface area contributed by atoms with E-state index in [0.717, 1.165) is 0 Å². The number of hydrogen-bond acceptors (Lipinski definition) is 4. The highest BCUT2D eigenvalue weighted by Crippen LogP contribution is 1.95. The van der Waals surface area contributed by atoms with Gasteiger partial charge in [-0.2, -0.15) is 0 Å². The monoisotopic (exact) mass is 182 g/mol. The number of hydrogen-bond donors (Lipinski definition) is 0. The molecule has 4 nitrogen and oxygen atoms in total. The van der Waals surface area contributed by atoms with Crippen LogP contribution < -0.4 is 0 Å². The van der Waals surface area contributed by atoms with Gasteiger partial charge in [0.15, 0.2) is 0 Å². The van der Waals surface area contributed by atoms with Crippen molar-refractivity contribution >= 4 is 9.84 Å². The Morgan fingerprint density at radius 3 is 2.18 bits per heavy atom. The Morgan fingerprint density at radius 2 is 1.91 bits per heavy atom. The van der Waals surface area contributed by atoms with Crippen LogP contribution in [-0.4, -0.2) is 47.4 Å². The average molecular weight is 182 g/mol. The number of sulfone groups is 1. The molecule has 0 amide bonds. The van der Waals surface area contributed by atoms with Gasteiger partial charge < -0.3 is 9.47 Å². The summed E-state index contributed by atoms with van der Waals surface area (Å²) in [5, 5.41) is 0. The Hall–Kier alpha value is -0.130. The molecule has 0 saturated heterocycles.